The van der Waals surface area contributed by atoms with Gasteiger partial charge in [0.15, 0.2) is 0 Å². The molecule has 11 heteroatoms. The SMILES string of the molecule is Cc1cc2c(cnn2-c2ccc(F)cc2)cc1[C@@H]1CN(S(=O)(=O)N(C)C)CCN1CC1CC(F)(F)C1. The molecule has 1 saturated heterocycles. The topological polar surface area (TPSA) is 61.7 Å². The fourth-order valence-corrected chi connectivity index (χ4v) is 6.44. The second-order valence-corrected chi connectivity index (χ2v) is 12.2. The van der Waals surface area contributed by atoms with Gasteiger partial charge in [-0.05, 0) is 60.4 Å². The number of hydrogen-bond acceptors (Lipinski definition) is 4. The van der Waals surface area contributed by atoms with Gasteiger partial charge >= 0.3 is 0 Å². The molecule has 36 heavy (non-hydrogen) atoms. The van der Waals surface area contributed by atoms with Crippen LogP contribution < -0.4 is 0 Å². The molecule has 0 radical (unpaired) electrons. The van der Waals surface area contributed by atoms with E-state index in [9.17, 15) is 21.6 Å². The largest absolute Gasteiger partial charge is 0.293 e. The van der Waals surface area contributed by atoms with E-state index in [0.29, 0.717) is 19.6 Å². The highest BCUT2D eigenvalue weighted by Crippen LogP contribution is 2.44. The van der Waals surface area contributed by atoms with Crippen molar-refractivity contribution in [3.63, 3.8) is 0 Å². The van der Waals surface area contributed by atoms with Gasteiger partial charge in [-0.3, -0.25) is 4.90 Å². The van der Waals surface area contributed by atoms with Gasteiger partial charge in [0.05, 0.1) is 17.4 Å². The highest BCUT2D eigenvalue weighted by atomic mass is 32.2. The third-order valence-electron chi connectivity index (χ3n) is 7.30. The monoisotopic (exact) mass is 521 g/mol. The highest BCUT2D eigenvalue weighted by Gasteiger charge is 2.47. The van der Waals surface area contributed by atoms with Crippen molar-refractivity contribution in [3.8, 4) is 5.69 Å². The standard InChI is InChI=1S/C25H30F3N5O2S/c1-17-10-23-19(14-29-33(23)21-6-4-20(26)5-7-21)11-22(17)24-16-32(36(34,35)30(2)3)9-8-31(24)15-18-12-25(27,28)13-18/h4-7,10-11,14,18,24H,8-9,12-13,15-16H2,1-3H3/t24-/m0/s1. The van der Waals surface area contributed by atoms with E-state index in [1.54, 1.807) is 23.0 Å². The van der Waals surface area contributed by atoms with Gasteiger partial charge in [0, 0.05) is 64.5 Å². The number of benzene rings is 2. The van der Waals surface area contributed by atoms with Crippen LogP contribution in [0.2, 0.25) is 0 Å². The van der Waals surface area contributed by atoms with Crippen molar-refractivity contribution in [1.82, 2.24) is 23.3 Å². The van der Waals surface area contributed by atoms with E-state index < -0.39 is 16.1 Å². The second-order valence-electron chi connectivity index (χ2n) is 10.1. The summed E-state index contributed by atoms with van der Waals surface area (Å²) < 4.78 is 70.7. The molecule has 1 aliphatic carbocycles. The number of nitrogens with zero attached hydrogens (tertiary/aromatic N) is 5. The molecule has 1 saturated carbocycles. The molecule has 0 amide bonds. The number of halogens is 3. The van der Waals surface area contributed by atoms with Gasteiger partial charge in [0.25, 0.3) is 10.2 Å². The molecule has 2 aliphatic rings. The van der Waals surface area contributed by atoms with Crippen LogP contribution in [0.25, 0.3) is 16.6 Å². The molecule has 194 valence electrons. The Hall–Kier alpha value is -2.47. The first-order valence-electron chi connectivity index (χ1n) is 12.0. The molecule has 0 bridgehead atoms. The minimum absolute atomic E-state index is 0.107. The maximum atomic E-state index is 13.5. The van der Waals surface area contributed by atoms with Gasteiger partial charge in [-0.15, -0.1) is 0 Å². The Bertz CT molecular complexity index is 1370. The van der Waals surface area contributed by atoms with E-state index in [1.165, 1.54) is 34.8 Å². The Morgan fingerprint density at radius 2 is 1.81 bits per heavy atom. The van der Waals surface area contributed by atoms with Crippen molar-refractivity contribution in [2.75, 3.05) is 40.3 Å². The van der Waals surface area contributed by atoms with Crippen LogP contribution in [0.15, 0.2) is 42.6 Å². The maximum Gasteiger partial charge on any atom is 0.281 e. The van der Waals surface area contributed by atoms with E-state index in [4.69, 9.17) is 0 Å². The molecule has 3 aromatic rings. The van der Waals surface area contributed by atoms with E-state index in [-0.39, 0.29) is 37.2 Å². The molecular formula is C25H30F3N5O2S. The molecule has 2 fully saturated rings. The third-order valence-corrected chi connectivity index (χ3v) is 9.20. The minimum atomic E-state index is -3.62. The molecule has 2 heterocycles. The zero-order valence-corrected chi connectivity index (χ0v) is 21.3. The second kappa shape index (κ2) is 9.13. The molecule has 0 N–H and O–H groups in total. The minimum Gasteiger partial charge on any atom is -0.293 e. The number of rotatable bonds is 6. The number of aryl methyl sites for hydroxylation is 1. The summed E-state index contributed by atoms with van der Waals surface area (Å²) in [5.74, 6) is -3.03. The predicted molar refractivity (Wildman–Crippen MR) is 132 cm³/mol. The number of piperazine rings is 1. The summed E-state index contributed by atoms with van der Waals surface area (Å²) in [4.78, 5) is 2.15. The van der Waals surface area contributed by atoms with Crippen LogP contribution in [-0.2, 0) is 10.2 Å². The molecule has 2 aromatic carbocycles. The van der Waals surface area contributed by atoms with Crippen molar-refractivity contribution < 1.29 is 21.6 Å². The molecule has 7 nitrogen and oxygen atoms in total. The molecular weight excluding hydrogens is 491 g/mol. The Balaban J connectivity index is 1.50. The van der Waals surface area contributed by atoms with Crippen molar-refractivity contribution in [3.05, 3.63) is 59.5 Å². The Morgan fingerprint density at radius 3 is 2.44 bits per heavy atom. The molecule has 0 spiro atoms. The van der Waals surface area contributed by atoms with Gasteiger partial charge in [-0.2, -0.15) is 22.1 Å². The predicted octanol–water partition coefficient (Wildman–Crippen LogP) is 3.98. The summed E-state index contributed by atoms with van der Waals surface area (Å²) in [6.07, 6.45) is 1.48. The van der Waals surface area contributed by atoms with Crippen LogP contribution in [0.4, 0.5) is 13.2 Å². The zero-order chi connectivity index (χ0) is 25.8. The lowest BCUT2D eigenvalue weighted by Crippen LogP contribution is -2.55. The average Bonchev–Trinajstić information content (AvgIpc) is 3.20. The summed E-state index contributed by atoms with van der Waals surface area (Å²) in [6.45, 7) is 3.48. The van der Waals surface area contributed by atoms with Gasteiger partial charge in [0.2, 0.25) is 5.92 Å². The Labute approximate surface area is 209 Å². The van der Waals surface area contributed by atoms with Gasteiger partial charge in [0.1, 0.15) is 5.82 Å². The first kappa shape index (κ1) is 25.2. The summed E-state index contributed by atoms with van der Waals surface area (Å²) in [7, 11) is -0.604. The lowest BCUT2D eigenvalue weighted by molar-refractivity contribution is -0.120. The van der Waals surface area contributed by atoms with E-state index in [2.05, 4.69) is 10.00 Å². The number of hydrogen-bond donors (Lipinski definition) is 0. The Kier molecular flexibility index (Phi) is 6.39. The maximum absolute atomic E-state index is 13.5. The number of aromatic nitrogens is 2. The van der Waals surface area contributed by atoms with Crippen LogP contribution in [-0.4, -0.2) is 77.9 Å². The van der Waals surface area contributed by atoms with Crippen LogP contribution in [0.5, 0.6) is 0 Å². The summed E-state index contributed by atoms with van der Waals surface area (Å²) in [5, 5.41) is 5.35. The van der Waals surface area contributed by atoms with Crippen molar-refractivity contribution in [2.45, 2.75) is 31.7 Å². The first-order valence-corrected chi connectivity index (χ1v) is 13.4. The molecule has 1 aliphatic heterocycles. The Morgan fingerprint density at radius 1 is 1.11 bits per heavy atom. The molecule has 1 aromatic heterocycles. The first-order chi connectivity index (χ1) is 16.9. The average molecular weight is 522 g/mol. The summed E-state index contributed by atoms with van der Waals surface area (Å²) >= 11 is 0. The third kappa shape index (κ3) is 4.65. The lowest BCUT2D eigenvalue weighted by Gasteiger charge is -2.45. The van der Waals surface area contributed by atoms with Gasteiger partial charge in [-0.25, -0.2) is 17.9 Å². The van der Waals surface area contributed by atoms with Crippen LogP contribution in [0, 0.1) is 18.7 Å². The highest BCUT2D eigenvalue weighted by molar-refractivity contribution is 7.86. The lowest BCUT2D eigenvalue weighted by atomic mass is 9.80. The van der Waals surface area contributed by atoms with Crippen LogP contribution >= 0.6 is 0 Å². The molecule has 1 atom stereocenters. The fraction of sp³-hybridized carbons (Fsp3) is 0.480. The smallest absolute Gasteiger partial charge is 0.281 e. The van der Waals surface area contributed by atoms with Gasteiger partial charge in [-0.1, -0.05) is 0 Å². The van der Waals surface area contributed by atoms with E-state index >= 15 is 0 Å². The number of alkyl halides is 2. The molecule has 5 rings (SSSR count). The van der Waals surface area contributed by atoms with Crippen molar-refractivity contribution >= 4 is 21.1 Å². The van der Waals surface area contributed by atoms with Crippen molar-refractivity contribution in [1.29, 1.82) is 0 Å². The molecule has 0 unspecified atom stereocenters. The van der Waals surface area contributed by atoms with Crippen LogP contribution in [0.3, 0.4) is 0 Å². The van der Waals surface area contributed by atoms with Crippen LogP contribution in [0.1, 0.15) is 30.0 Å². The number of fused-ring (bicyclic) bond motifs is 1. The van der Waals surface area contributed by atoms with E-state index in [1.807, 2.05) is 19.1 Å². The fourth-order valence-electron chi connectivity index (χ4n) is 5.34. The van der Waals surface area contributed by atoms with E-state index in [0.717, 1.165) is 27.7 Å². The quantitative estimate of drug-likeness (QED) is 0.492. The zero-order valence-electron chi connectivity index (χ0n) is 20.5. The van der Waals surface area contributed by atoms with Gasteiger partial charge < -0.3 is 0 Å². The normalized spacial score (nSPS) is 21.8. The summed E-state index contributed by atoms with van der Waals surface area (Å²) in [5.41, 5.74) is 3.48. The van der Waals surface area contributed by atoms with Crippen molar-refractivity contribution in [2.24, 2.45) is 5.92 Å². The summed E-state index contributed by atoms with van der Waals surface area (Å²) in [6, 6.07) is 9.81.